The second-order valence-electron chi connectivity index (χ2n) is 9.54. The van der Waals surface area contributed by atoms with E-state index < -0.39 is 5.41 Å². The average Bonchev–Trinajstić information content (AvgIpc) is 3.40. The van der Waals surface area contributed by atoms with Crippen LogP contribution >= 0.6 is 0 Å². The monoisotopic (exact) mass is 503 g/mol. The lowest BCUT2D eigenvalue weighted by Crippen LogP contribution is -3.00. The summed E-state index contributed by atoms with van der Waals surface area (Å²) in [5.74, 6) is -0.115. The zero-order valence-corrected chi connectivity index (χ0v) is 19.1. The molecule has 1 aliphatic carbocycles. The van der Waals surface area contributed by atoms with Crippen molar-refractivity contribution >= 4 is 5.97 Å². The zero-order chi connectivity index (χ0) is 19.3. The lowest BCUT2D eigenvalue weighted by molar-refractivity contribution is -0.938. The smallest absolute Gasteiger partial charge is 0.321 e. The Balaban J connectivity index is 0.00000181. The van der Waals surface area contributed by atoms with Gasteiger partial charge in [0.2, 0.25) is 0 Å². The van der Waals surface area contributed by atoms with Crippen LogP contribution in [0.1, 0.15) is 30.9 Å². The van der Waals surface area contributed by atoms with E-state index in [0.717, 1.165) is 39.6 Å². The molecule has 0 saturated carbocycles. The number of halogens is 1. The van der Waals surface area contributed by atoms with Gasteiger partial charge in [-0.3, -0.25) is 4.79 Å². The summed E-state index contributed by atoms with van der Waals surface area (Å²) in [6.07, 6.45) is 2.52. The Morgan fingerprint density at radius 3 is 1.97 bits per heavy atom. The summed E-state index contributed by atoms with van der Waals surface area (Å²) in [5.41, 5.74) is 3.67. The number of ether oxygens (including phenoxy) is 2. The predicted octanol–water partition coefficient (Wildman–Crippen LogP) is 0.277. The van der Waals surface area contributed by atoms with Gasteiger partial charge >= 0.3 is 5.97 Å². The summed E-state index contributed by atoms with van der Waals surface area (Å²) in [7, 11) is 4.60. The number of epoxide rings is 1. The van der Waals surface area contributed by atoms with E-state index in [-0.39, 0.29) is 36.0 Å². The molecule has 3 aliphatic heterocycles. The van der Waals surface area contributed by atoms with Gasteiger partial charge in [0, 0.05) is 12.8 Å². The summed E-state index contributed by atoms with van der Waals surface area (Å²) >= 11 is 0. The fourth-order valence-corrected chi connectivity index (χ4v) is 6.24. The third-order valence-electron chi connectivity index (χ3n) is 7.94. The highest BCUT2D eigenvalue weighted by molar-refractivity contribution is 5.97. The number of esters is 1. The molecule has 3 saturated heterocycles. The molecule has 4 nitrogen and oxygen atoms in total. The Morgan fingerprint density at radius 2 is 1.45 bits per heavy atom. The number of likely N-dealkylation sites (N-methyl/N-ethyl adjacent to an activating group) is 1. The Hall–Kier alpha value is -1.44. The first kappa shape index (κ1) is 19.5. The van der Waals surface area contributed by atoms with Gasteiger partial charge in [-0.15, -0.1) is 0 Å². The minimum atomic E-state index is -0.743. The number of fused-ring (bicyclic) bond motifs is 8. The molecule has 6 rings (SSSR count). The number of nitrogens with zero attached hydrogens (tertiary/aromatic N) is 1. The van der Waals surface area contributed by atoms with E-state index in [9.17, 15) is 4.79 Å². The zero-order valence-electron chi connectivity index (χ0n) is 17.0. The second-order valence-corrected chi connectivity index (χ2v) is 9.54. The number of hydrogen-bond acceptors (Lipinski definition) is 3. The van der Waals surface area contributed by atoms with Gasteiger partial charge in [0.15, 0.2) is 0 Å². The van der Waals surface area contributed by atoms with Gasteiger partial charge in [-0.25, -0.2) is 0 Å². The SMILES string of the molecule is CC1(C(=O)OC2CC3C4OC4C(C2)[N+]3(C)C)c2ccccc2-c2ccccc21.[I-]. The van der Waals surface area contributed by atoms with E-state index in [1.54, 1.807) is 0 Å². The quantitative estimate of drug-likeness (QED) is 0.256. The maximum Gasteiger partial charge on any atom is 0.321 e. The van der Waals surface area contributed by atoms with E-state index in [0.29, 0.717) is 24.3 Å². The van der Waals surface area contributed by atoms with Crippen LogP contribution in [-0.4, -0.2) is 54.9 Å². The molecule has 29 heavy (non-hydrogen) atoms. The van der Waals surface area contributed by atoms with Gasteiger partial charge < -0.3 is 37.9 Å². The molecule has 2 aromatic rings. The van der Waals surface area contributed by atoms with Crippen LogP contribution in [0.2, 0.25) is 0 Å². The van der Waals surface area contributed by atoms with Crippen LogP contribution in [0.3, 0.4) is 0 Å². The summed E-state index contributed by atoms with van der Waals surface area (Å²) in [6, 6.07) is 17.4. The highest BCUT2D eigenvalue weighted by Gasteiger charge is 2.71. The van der Waals surface area contributed by atoms with Crippen LogP contribution in [0.4, 0.5) is 0 Å². The number of hydrogen-bond donors (Lipinski definition) is 0. The van der Waals surface area contributed by atoms with Crippen molar-refractivity contribution in [3.05, 3.63) is 59.7 Å². The van der Waals surface area contributed by atoms with Crippen molar-refractivity contribution < 1.29 is 42.7 Å². The molecule has 0 aromatic heterocycles. The van der Waals surface area contributed by atoms with E-state index >= 15 is 0 Å². The molecule has 0 amide bonds. The number of morpholine rings is 1. The van der Waals surface area contributed by atoms with Crippen molar-refractivity contribution in [1.29, 1.82) is 0 Å². The lowest BCUT2D eigenvalue weighted by Gasteiger charge is -2.45. The number of carbonyl (C=O) groups is 1. The van der Waals surface area contributed by atoms with Gasteiger partial charge in [0.25, 0.3) is 0 Å². The van der Waals surface area contributed by atoms with Crippen LogP contribution in [0.25, 0.3) is 11.1 Å². The molecule has 2 bridgehead atoms. The van der Waals surface area contributed by atoms with Gasteiger partial charge in [0.1, 0.15) is 35.8 Å². The van der Waals surface area contributed by atoms with Crippen molar-refractivity contribution in [2.45, 2.75) is 55.6 Å². The fourth-order valence-electron chi connectivity index (χ4n) is 6.24. The summed E-state index contributed by atoms with van der Waals surface area (Å²) in [6.45, 7) is 2.03. The average molecular weight is 503 g/mol. The number of piperidine rings is 1. The van der Waals surface area contributed by atoms with Crippen LogP contribution in [-0.2, 0) is 19.7 Å². The molecule has 4 aliphatic rings. The van der Waals surface area contributed by atoms with Gasteiger partial charge in [-0.1, -0.05) is 48.5 Å². The molecule has 4 atom stereocenters. The van der Waals surface area contributed by atoms with Crippen molar-refractivity contribution in [3.63, 3.8) is 0 Å². The number of rotatable bonds is 2. The highest BCUT2D eigenvalue weighted by Crippen LogP contribution is 2.53. The molecular weight excluding hydrogens is 477 g/mol. The highest BCUT2D eigenvalue weighted by atomic mass is 127. The topological polar surface area (TPSA) is 38.8 Å². The molecule has 0 N–H and O–H groups in total. The van der Waals surface area contributed by atoms with Crippen LogP contribution < -0.4 is 24.0 Å². The third-order valence-corrected chi connectivity index (χ3v) is 7.94. The minimum absolute atomic E-state index is 0. The van der Waals surface area contributed by atoms with Gasteiger partial charge in [0.05, 0.1) is 14.1 Å². The molecule has 0 radical (unpaired) electrons. The van der Waals surface area contributed by atoms with Crippen LogP contribution in [0.5, 0.6) is 0 Å². The molecular formula is C24H26INO3. The van der Waals surface area contributed by atoms with Crippen molar-refractivity contribution in [3.8, 4) is 11.1 Å². The molecule has 4 unspecified atom stereocenters. The lowest BCUT2D eigenvalue weighted by atomic mass is 9.80. The van der Waals surface area contributed by atoms with E-state index in [1.807, 2.05) is 31.2 Å². The van der Waals surface area contributed by atoms with E-state index in [1.165, 1.54) is 0 Å². The third kappa shape index (κ3) is 2.47. The van der Waals surface area contributed by atoms with Crippen molar-refractivity contribution in [2.24, 2.45) is 0 Å². The molecule has 3 heterocycles. The van der Waals surface area contributed by atoms with Gasteiger partial charge in [-0.2, -0.15) is 0 Å². The molecule has 0 spiro atoms. The molecule has 152 valence electrons. The van der Waals surface area contributed by atoms with Crippen molar-refractivity contribution in [2.75, 3.05) is 14.1 Å². The molecule has 5 heteroatoms. The van der Waals surface area contributed by atoms with E-state index in [4.69, 9.17) is 9.47 Å². The maximum absolute atomic E-state index is 13.6. The van der Waals surface area contributed by atoms with Gasteiger partial charge in [-0.05, 0) is 29.2 Å². The Morgan fingerprint density at radius 1 is 0.966 bits per heavy atom. The first-order valence-corrected chi connectivity index (χ1v) is 10.3. The predicted molar refractivity (Wildman–Crippen MR) is 106 cm³/mol. The Bertz CT molecular complexity index is 938. The first-order valence-electron chi connectivity index (χ1n) is 10.3. The van der Waals surface area contributed by atoms with E-state index in [2.05, 4.69) is 38.4 Å². The second kappa shape index (κ2) is 6.28. The number of carbonyl (C=O) groups excluding carboxylic acids is 1. The number of benzene rings is 2. The fraction of sp³-hybridized carbons (Fsp3) is 0.458. The standard InChI is InChI=1S/C24H26NO3.HI/c1-24(17-10-6-4-8-15(17)16-9-5-7-11-18(16)24)23(26)27-14-12-19-21-22(28-21)20(13-14)25(19,2)3;/h4-11,14,19-22H,12-13H2,1-3H3;1H/q+1;/p-1. The summed E-state index contributed by atoms with van der Waals surface area (Å²) < 4.78 is 13.1. The maximum atomic E-state index is 13.6. The number of quaternary nitrogens is 1. The molecule has 2 aromatic carbocycles. The first-order chi connectivity index (χ1) is 13.4. The van der Waals surface area contributed by atoms with Crippen LogP contribution in [0, 0.1) is 0 Å². The van der Waals surface area contributed by atoms with Crippen molar-refractivity contribution in [1.82, 2.24) is 0 Å². The summed E-state index contributed by atoms with van der Waals surface area (Å²) in [4.78, 5) is 13.6. The minimum Gasteiger partial charge on any atom is -1.00 e. The van der Waals surface area contributed by atoms with Crippen LogP contribution in [0.15, 0.2) is 48.5 Å². The summed E-state index contributed by atoms with van der Waals surface area (Å²) in [5, 5.41) is 0. The Kier molecular flexibility index (Phi) is 4.23. The normalized spacial score (nSPS) is 33.7. The largest absolute Gasteiger partial charge is 1.00 e. The molecule has 3 fully saturated rings. The Labute approximate surface area is 188 Å².